The molecule has 1 heterocycles. The molecule has 18 heavy (non-hydrogen) atoms. The lowest BCUT2D eigenvalue weighted by Crippen LogP contribution is -2.45. The summed E-state index contributed by atoms with van der Waals surface area (Å²) >= 11 is 0. The van der Waals surface area contributed by atoms with Crippen LogP contribution in [0.5, 0.6) is 0 Å². The highest BCUT2D eigenvalue weighted by Crippen LogP contribution is 2.26. The van der Waals surface area contributed by atoms with Crippen molar-refractivity contribution in [2.45, 2.75) is 52.5 Å². The smallest absolute Gasteiger partial charge is 0.305 e. The maximum absolute atomic E-state index is 12.1. The number of hydrogen-bond donors (Lipinski definition) is 1. The van der Waals surface area contributed by atoms with Gasteiger partial charge in [0.25, 0.3) is 5.91 Å². The number of ketones is 1. The first kappa shape index (κ1) is 14.7. The zero-order chi connectivity index (χ0) is 13.9. The van der Waals surface area contributed by atoms with E-state index in [1.165, 1.54) is 4.90 Å². The maximum Gasteiger partial charge on any atom is 0.305 e. The molecule has 0 bridgehead atoms. The van der Waals surface area contributed by atoms with E-state index in [2.05, 4.69) is 0 Å². The van der Waals surface area contributed by atoms with Crippen LogP contribution in [0.3, 0.4) is 0 Å². The third-order valence-corrected chi connectivity index (χ3v) is 3.74. The van der Waals surface area contributed by atoms with Gasteiger partial charge in [-0.1, -0.05) is 20.8 Å². The SMILES string of the molecule is CCC(C)(C)C(=O)C(=O)N1CCC[C@H]1CC(=O)O. The minimum atomic E-state index is -0.929. The van der Waals surface area contributed by atoms with E-state index >= 15 is 0 Å². The molecule has 1 amide bonds. The fraction of sp³-hybridized carbons (Fsp3) is 0.769. The Hall–Kier alpha value is -1.39. The molecule has 0 aromatic carbocycles. The predicted molar refractivity (Wildman–Crippen MR) is 66.1 cm³/mol. The molecule has 1 aliphatic heterocycles. The summed E-state index contributed by atoms with van der Waals surface area (Å²) in [7, 11) is 0. The summed E-state index contributed by atoms with van der Waals surface area (Å²) in [5.41, 5.74) is -0.673. The minimum absolute atomic E-state index is 0.0778. The fourth-order valence-electron chi connectivity index (χ4n) is 2.10. The molecule has 0 radical (unpaired) electrons. The number of carboxylic acids is 1. The highest BCUT2D eigenvalue weighted by atomic mass is 16.4. The number of hydrogen-bond acceptors (Lipinski definition) is 3. The molecule has 5 nitrogen and oxygen atoms in total. The van der Waals surface area contributed by atoms with E-state index in [9.17, 15) is 14.4 Å². The quantitative estimate of drug-likeness (QED) is 0.755. The number of carboxylic acid groups (broad SMARTS) is 1. The van der Waals surface area contributed by atoms with Gasteiger partial charge in [-0.25, -0.2) is 0 Å². The van der Waals surface area contributed by atoms with Gasteiger partial charge in [-0.3, -0.25) is 14.4 Å². The van der Waals surface area contributed by atoms with Crippen LogP contribution in [-0.4, -0.2) is 40.3 Å². The van der Waals surface area contributed by atoms with Crippen molar-refractivity contribution < 1.29 is 19.5 Å². The molecule has 0 saturated carbocycles. The summed E-state index contributed by atoms with van der Waals surface area (Å²) in [5, 5.41) is 8.80. The van der Waals surface area contributed by atoms with Crippen molar-refractivity contribution >= 4 is 17.7 Å². The van der Waals surface area contributed by atoms with Gasteiger partial charge in [0.05, 0.1) is 6.42 Å². The number of likely N-dealkylation sites (tertiary alicyclic amines) is 1. The highest BCUT2D eigenvalue weighted by Gasteiger charge is 2.39. The third-order valence-electron chi connectivity index (χ3n) is 3.74. The Morgan fingerprint density at radius 1 is 1.33 bits per heavy atom. The largest absolute Gasteiger partial charge is 0.481 e. The van der Waals surface area contributed by atoms with Crippen LogP contribution in [0.25, 0.3) is 0 Å². The van der Waals surface area contributed by atoms with Crippen molar-refractivity contribution in [2.24, 2.45) is 5.41 Å². The molecule has 1 atom stereocenters. The van der Waals surface area contributed by atoms with Crippen LogP contribution in [0, 0.1) is 5.41 Å². The predicted octanol–water partition coefficient (Wildman–Crippen LogP) is 1.46. The Morgan fingerprint density at radius 3 is 2.44 bits per heavy atom. The van der Waals surface area contributed by atoms with Gasteiger partial charge < -0.3 is 10.0 Å². The lowest BCUT2D eigenvalue weighted by molar-refractivity contribution is -0.150. The number of amides is 1. The number of carbonyl (C=O) groups is 3. The van der Waals surface area contributed by atoms with Crippen LogP contribution in [0.4, 0.5) is 0 Å². The van der Waals surface area contributed by atoms with Gasteiger partial charge in [0.2, 0.25) is 5.78 Å². The first-order valence-electron chi connectivity index (χ1n) is 6.36. The van der Waals surface area contributed by atoms with Crippen molar-refractivity contribution in [2.75, 3.05) is 6.54 Å². The van der Waals surface area contributed by atoms with Gasteiger partial charge in [-0.15, -0.1) is 0 Å². The molecule has 1 rings (SSSR count). The molecule has 0 aliphatic carbocycles. The Labute approximate surface area is 107 Å². The molecule has 0 unspecified atom stereocenters. The molecule has 0 aromatic heterocycles. The van der Waals surface area contributed by atoms with E-state index in [1.807, 2.05) is 6.92 Å². The van der Waals surface area contributed by atoms with E-state index in [0.717, 1.165) is 6.42 Å². The van der Waals surface area contributed by atoms with Crippen LogP contribution in [0.1, 0.15) is 46.5 Å². The number of nitrogens with zero attached hydrogens (tertiary/aromatic N) is 1. The van der Waals surface area contributed by atoms with E-state index in [1.54, 1.807) is 13.8 Å². The molecule has 5 heteroatoms. The molecule has 1 N–H and O–H groups in total. The Balaban J connectivity index is 2.77. The van der Waals surface area contributed by atoms with E-state index in [-0.39, 0.29) is 12.5 Å². The second-order valence-electron chi connectivity index (χ2n) is 5.46. The summed E-state index contributed by atoms with van der Waals surface area (Å²) in [6.45, 7) is 5.84. The molecule has 0 aromatic rings. The summed E-state index contributed by atoms with van der Waals surface area (Å²) in [6.07, 6.45) is 1.95. The summed E-state index contributed by atoms with van der Waals surface area (Å²) < 4.78 is 0. The lowest BCUT2D eigenvalue weighted by atomic mass is 9.84. The normalized spacial score (nSPS) is 19.9. The number of rotatable bonds is 5. The zero-order valence-corrected chi connectivity index (χ0v) is 11.2. The number of Topliss-reactive ketones (excluding diaryl/α,β-unsaturated/α-hetero) is 1. The van der Waals surface area contributed by atoms with Gasteiger partial charge in [-0.2, -0.15) is 0 Å². The van der Waals surface area contributed by atoms with Gasteiger partial charge in [0.1, 0.15) is 0 Å². The van der Waals surface area contributed by atoms with Gasteiger partial charge in [0, 0.05) is 18.0 Å². The minimum Gasteiger partial charge on any atom is -0.481 e. The van der Waals surface area contributed by atoms with E-state index in [0.29, 0.717) is 19.4 Å². The van der Waals surface area contributed by atoms with Crippen LogP contribution >= 0.6 is 0 Å². The van der Waals surface area contributed by atoms with Gasteiger partial charge in [-0.05, 0) is 19.3 Å². The van der Waals surface area contributed by atoms with Gasteiger partial charge >= 0.3 is 5.97 Å². The standard InChI is InChI=1S/C13H21NO4/c1-4-13(2,3)11(17)12(18)14-7-5-6-9(14)8-10(15)16/h9H,4-8H2,1-3H3,(H,15,16)/t9-/m0/s1. The van der Waals surface area contributed by atoms with Crippen molar-refractivity contribution in [3.8, 4) is 0 Å². The molecule has 1 aliphatic rings. The lowest BCUT2D eigenvalue weighted by Gasteiger charge is -2.27. The van der Waals surface area contributed by atoms with Crippen molar-refractivity contribution in [1.29, 1.82) is 0 Å². The van der Waals surface area contributed by atoms with E-state index < -0.39 is 23.1 Å². The Bertz CT molecular complexity index is 362. The summed E-state index contributed by atoms with van der Waals surface area (Å²) in [4.78, 5) is 36.4. The summed E-state index contributed by atoms with van der Waals surface area (Å²) in [5.74, 6) is -1.87. The number of aliphatic carboxylic acids is 1. The first-order valence-corrected chi connectivity index (χ1v) is 6.36. The number of carbonyl (C=O) groups excluding carboxylic acids is 2. The van der Waals surface area contributed by atoms with Gasteiger partial charge in [0.15, 0.2) is 0 Å². The zero-order valence-electron chi connectivity index (χ0n) is 11.2. The van der Waals surface area contributed by atoms with E-state index in [4.69, 9.17) is 5.11 Å². The second-order valence-corrected chi connectivity index (χ2v) is 5.46. The molecule has 102 valence electrons. The van der Waals surface area contributed by atoms with Crippen molar-refractivity contribution in [3.63, 3.8) is 0 Å². The second kappa shape index (κ2) is 5.50. The molecule has 0 spiro atoms. The van der Waals surface area contributed by atoms with Crippen LogP contribution in [0.15, 0.2) is 0 Å². The van der Waals surface area contributed by atoms with Crippen molar-refractivity contribution in [1.82, 2.24) is 4.90 Å². The average Bonchev–Trinajstić information content (AvgIpc) is 2.74. The maximum atomic E-state index is 12.1. The van der Waals surface area contributed by atoms with Crippen LogP contribution < -0.4 is 0 Å². The topological polar surface area (TPSA) is 74.7 Å². The Kier molecular flexibility index (Phi) is 4.48. The molecule has 1 saturated heterocycles. The molecule has 1 fully saturated rings. The highest BCUT2D eigenvalue weighted by molar-refractivity contribution is 6.38. The summed E-state index contributed by atoms with van der Waals surface area (Å²) in [6, 6.07) is -0.327. The average molecular weight is 255 g/mol. The third kappa shape index (κ3) is 3.09. The first-order chi connectivity index (χ1) is 8.29. The fourth-order valence-corrected chi connectivity index (χ4v) is 2.10. The van der Waals surface area contributed by atoms with Crippen LogP contribution in [0.2, 0.25) is 0 Å². The molecular weight excluding hydrogens is 234 g/mol. The van der Waals surface area contributed by atoms with Crippen molar-refractivity contribution in [3.05, 3.63) is 0 Å². The Morgan fingerprint density at radius 2 is 1.94 bits per heavy atom. The van der Waals surface area contributed by atoms with Crippen LogP contribution in [-0.2, 0) is 14.4 Å². The monoisotopic (exact) mass is 255 g/mol. The molecular formula is C13H21NO4.